The van der Waals surface area contributed by atoms with Crippen LogP contribution in [-0.2, 0) is 0 Å². The van der Waals surface area contributed by atoms with Crippen molar-refractivity contribution in [1.82, 2.24) is 4.98 Å². The number of para-hydroxylation sites is 3. The molecule has 0 bridgehead atoms. The van der Waals surface area contributed by atoms with Crippen LogP contribution < -0.4 is 15.2 Å². The van der Waals surface area contributed by atoms with Crippen molar-refractivity contribution < 1.29 is 4.79 Å². The topological polar surface area (TPSA) is 84.7 Å². The Morgan fingerprint density at radius 3 is 1.46 bits per heavy atom. The second-order valence-corrected chi connectivity index (χ2v) is 14.2. The van der Waals surface area contributed by atoms with Gasteiger partial charge in [-0.2, -0.15) is 5.10 Å². The van der Waals surface area contributed by atoms with Crippen molar-refractivity contribution in [2.24, 2.45) is 5.10 Å². The van der Waals surface area contributed by atoms with Gasteiger partial charge in [0.1, 0.15) is 5.71 Å². The molecule has 0 fully saturated rings. The molecule has 7 nitrogen and oxygen atoms in total. The highest BCUT2D eigenvalue weighted by Gasteiger charge is 2.24. The third kappa shape index (κ3) is 8.70. The predicted molar refractivity (Wildman–Crippen MR) is 245 cm³/mol. The van der Waals surface area contributed by atoms with E-state index in [-0.39, 0.29) is 5.78 Å². The summed E-state index contributed by atoms with van der Waals surface area (Å²) in [5.74, 6) is 0.170. The van der Waals surface area contributed by atoms with Gasteiger partial charge in [-0.25, -0.2) is 0 Å². The molecule has 1 aromatic heterocycles. The molecule has 6 aromatic carbocycles. The molecular weight excluding hydrogens is 725 g/mol. The SMILES string of the molecule is CCCCC(=O)c1ccc(N(c2ccccc2)c2ccc(C3=CC=C(c4ccc(N(c5ccccc5)c5ccccc5)cc4)C(=NNc4ccncc4)C3=N)cc2)cc1. The maximum Gasteiger partial charge on any atom is 0.162 e. The molecule has 8 rings (SSSR count). The van der Waals surface area contributed by atoms with Crippen LogP contribution in [0.1, 0.15) is 47.7 Å². The lowest BCUT2D eigenvalue weighted by atomic mass is 9.86. The molecule has 2 N–H and O–H groups in total. The van der Waals surface area contributed by atoms with E-state index in [4.69, 9.17) is 5.10 Å². The van der Waals surface area contributed by atoms with Crippen LogP contribution in [-0.4, -0.2) is 22.2 Å². The van der Waals surface area contributed by atoms with Gasteiger partial charge in [0, 0.05) is 69.6 Å². The van der Waals surface area contributed by atoms with Gasteiger partial charge in [0.25, 0.3) is 0 Å². The fourth-order valence-electron chi connectivity index (χ4n) is 7.21. The highest BCUT2D eigenvalue weighted by molar-refractivity contribution is 6.69. The lowest BCUT2D eigenvalue weighted by molar-refractivity contribution is 0.0980. The molecule has 7 aromatic rings. The fraction of sp³-hybridized carbons (Fsp3) is 0.0769. The Balaban J connectivity index is 1.12. The molecule has 0 saturated carbocycles. The molecule has 0 aliphatic heterocycles. The average molecular weight is 769 g/mol. The minimum Gasteiger partial charge on any atom is -0.311 e. The third-order valence-electron chi connectivity index (χ3n) is 10.3. The molecule has 7 heteroatoms. The quantitative estimate of drug-likeness (QED) is 0.0654. The largest absolute Gasteiger partial charge is 0.311 e. The second kappa shape index (κ2) is 18.1. The zero-order chi connectivity index (χ0) is 40.4. The molecule has 0 unspecified atom stereocenters. The minimum absolute atomic E-state index is 0.170. The number of nitrogens with zero attached hydrogens (tertiary/aromatic N) is 4. The lowest BCUT2D eigenvalue weighted by Gasteiger charge is -2.26. The first-order valence-corrected chi connectivity index (χ1v) is 19.9. The first kappa shape index (κ1) is 38.2. The molecule has 1 aliphatic carbocycles. The Labute approximate surface area is 345 Å². The number of Topliss-reactive ketones (excluding diaryl/α,β-unsaturated/α-hetero) is 1. The number of hydrogen-bond donors (Lipinski definition) is 2. The Kier molecular flexibility index (Phi) is 11.7. The summed E-state index contributed by atoms with van der Waals surface area (Å²) in [6, 6.07) is 59.1. The minimum atomic E-state index is 0.170. The number of unbranched alkanes of at least 4 members (excludes halogenated alkanes) is 1. The van der Waals surface area contributed by atoms with Gasteiger partial charge in [-0.1, -0.05) is 104 Å². The summed E-state index contributed by atoms with van der Waals surface area (Å²) in [5.41, 5.74) is 15.0. The number of pyridine rings is 1. The molecule has 1 heterocycles. The predicted octanol–water partition coefficient (Wildman–Crippen LogP) is 13.4. The van der Waals surface area contributed by atoms with Gasteiger partial charge in [0.2, 0.25) is 0 Å². The number of aromatic nitrogens is 1. The molecule has 288 valence electrons. The van der Waals surface area contributed by atoms with Crippen LogP contribution in [0.5, 0.6) is 0 Å². The van der Waals surface area contributed by atoms with Gasteiger partial charge >= 0.3 is 0 Å². The number of benzene rings is 6. The number of rotatable bonds is 14. The van der Waals surface area contributed by atoms with E-state index in [0.717, 1.165) is 80.5 Å². The molecule has 0 spiro atoms. The highest BCUT2D eigenvalue weighted by Crippen LogP contribution is 2.38. The molecule has 0 saturated heterocycles. The van der Waals surface area contributed by atoms with E-state index >= 15 is 0 Å². The number of carbonyl (C=O) groups is 1. The first-order valence-electron chi connectivity index (χ1n) is 19.9. The van der Waals surface area contributed by atoms with Crippen LogP contribution in [0, 0.1) is 5.41 Å². The van der Waals surface area contributed by atoms with Crippen molar-refractivity contribution in [2.45, 2.75) is 26.2 Å². The zero-order valence-electron chi connectivity index (χ0n) is 32.9. The van der Waals surface area contributed by atoms with Crippen molar-refractivity contribution >= 4 is 68.2 Å². The zero-order valence-corrected chi connectivity index (χ0v) is 32.9. The van der Waals surface area contributed by atoms with Gasteiger partial charge < -0.3 is 9.80 Å². The number of hydrogen-bond acceptors (Lipinski definition) is 7. The number of carbonyl (C=O) groups excluding carboxylic acids is 1. The van der Waals surface area contributed by atoms with Crippen LogP contribution in [0.15, 0.2) is 206 Å². The van der Waals surface area contributed by atoms with Gasteiger partial charge in [-0.05, 0) is 115 Å². The number of allylic oxidation sites excluding steroid dienone is 4. The molecule has 0 atom stereocenters. The standard InChI is InChI=1S/C52H44N6O/c1-2-3-19-50(59)40-24-30-47(31-25-40)58(44-17-11-6-12-18-44)46-26-20-38(21-27-46)48-32-33-49(52(51(48)53)56-55-41-34-36-54-37-35-41)39-22-28-45(29-23-39)57(42-13-7-4-8-14-42)43-15-9-5-10-16-43/h4-18,20-37,53H,2-3,19H2,1H3,(H,54,55). The van der Waals surface area contributed by atoms with Crippen LogP contribution in [0.3, 0.4) is 0 Å². The summed E-state index contributed by atoms with van der Waals surface area (Å²) < 4.78 is 0. The van der Waals surface area contributed by atoms with Gasteiger partial charge in [0.15, 0.2) is 5.78 Å². The maximum atomic E-state index is 12.8. The van der Waals surface area contributed by atoms with Crippen LogP contribution in [0.25, 0.3) is 11.1 Å². The van der Waals surface area contributed by atoms with Gasteiger partial charge in [0.05, 0.1) is 11.4 Å². The average Bonchev–Trinajstić information content (AvgIpc) is 3.30. The molecule has 0 radical (unpaired) electrons. The molecular formula is C52H44N6O. The Morgan fingerprint density at radius 2 is 0.983 bits per heavy atom. The van der Waals surface area contributed by atoms with Crippen LogP contribution in [0.4, 0.5) is 39.8 Å². The van der Waals surface area contributed by atoms with E-state index in [1.54, 1.807) is 12.4 Å². The smallest absolute Gasteiger partial charge is 0.162 e. The van der Waals surface area contributed by atoms with E-state index < -0.39 is 0 Å². The van der Waals surface area contributed by atoms with E-state index in [1.165, 1.54) is 0 Å². The Bertz CT molecular complexity index is 2560. The van der Waals surface area contributed by atoms with Crippen LogP contribution >= 0.6 is 0 Å². The van der Waals surface area contributed by atoms with E-state index in [0.29, 0.717) is 17.8 Å². The number of ketones is 1. The summed E-state index contributed by atoms with van der Waals surface area (Å²) in [6.07, 6.45) is 9.92. The van der Waals surface area contributed by atoms with Gasteiger partial charge in [-0.15, -0.1) is 0 Å². The molecule has 59 heavy (non-hydrogen) atoms. The van der Waals surface area contributed by atoms with Gasteiger partial charge in [-0.3, -0.25) is 20.6 Å². The second-order valence-electron chi connectivity index (χ2n) is 14.2. The van der Waals surface area contributed by atoms with Crippen molar-refractivity contribution in [3.8, 4) is 0 Å². The summed E-state index contributed by atoms with van der Waals surface area (Å²) in [7, 11) is 0. The van der Waals surface area contributed by atoms with E-state index in [1.807, 2.05) is 97.1 Å². The number of hydrazone groups is 1. The Morgan fingerprint density at radius 1 is 0.559 bits per heavy atom. The monoisotopic (exact) mass is 768 g/mol. The fourth-order valence-corrected chi connectivity index (χ4v) is 7.21. The normalized spacial score (nSPS) is 13.0. The summed E-state index contributed by atoms with van der Waals surface area (Å²) in [5, 5.41) is 14.4. The first-order chi connectivity index (χ1) is 29.1. The van der Waals surface area contributed by atoms with Crippen molar-refractivity contribution in [2.75, 3.05) is 15.2 Å². The summed E-state index contributed by atoms with van der Waals surface area (Å²) >= 11 is 0. The van der Waals surface area contributed by atoms with E-state index in [2.05, 4.69) is 118 Å². The lowest BCUT2D eigenvalue weighted by Crippen LogP contribution is -2.21. The third-order valence-corrected chi connectivity index (χ3v) is 10.3. The summed E-state index contributed by atoms with van der Waals surface area (Å²) in [4.78, 5) is 21.3. The van der Waals surface area contributed by atoms with Crippen molar-refractivity contribution in [1.29, 1.82) is 5.41 Å². The molecule has 0 amide bonds. The summed E-state index contributed by atoms with van der Waals surface area (Å²) in [6.45, 7) is 2.10. The maximum absolute atomic E-state index is 12.8. The number of nitrogens with one attached hydrogen (secondary N) is 2. The van der Waals surface area contributed by atoms with Crippen LogP contribution in [0.2, 0.25) is 0 Å². The number of anilines is 7. The highest BCUT2D eigenvalue weighted by atomic mass is 16.1. The molecule has 1 aliphatic rings. The van der Waals surface area contributed by atoms with E-state index in [9.17, 15) is 10.2 Å². The van der Waals surface area contributed by atoms with Crippen molar-refractivity contribution in [3.63, 3.8) is 0 Å². The Hall–Kier alpha value is -7.64. The van der Waals surface area contributed by atoms with Crippen molar-refractivity contribution in [3.05, 3.63) is 217 Å².